The van der Waals surface area contributed by atoms with Crippen LogP contribution in [-0.2, 0) is 4.79 Å². The van der Waals surface area contributed by atoms with Crippen molar-refractivity contribution >= 4 is 40.6 Å². The number of halogens is 1. The van der Waals surface area contributed by atoms with E-state index in [1.165, 1.54) is 6.21 Å². The first-order chi connectivity index (χ1) is 13.9. The fourth-order valence-electron chi connectivity index (χ4n) is 2.60. The van der Waals surface area contributed by atoms with E-state index in [4.69, 9.17) is 9.47 Å². The molecule has 2 N–H and O–H groups in total. The minimum absolute atomic E-state index is 0.111. The Kier molecular flexibility index (Phi) is 8.44. The molecule has 0 radical (unpaired) electrons. The van der Waals surface area contributed by atoms with Crippen LogP contribution in [0.2, 0.25) is 0 Å². The zero-order valence-corrected chi connectivity index (χ0v) is 18.9. The van der Waals surface area contributed by atoms with Crippen molar-refractivity contribution in [2.24, 2.45) is 11.0 Å². The number of rotatable bonds is 8. The highest BCUT2D eigenvalue weighted by molar-refractivity contribution is 14.1. The van der Waals surface area contributed by atoms with Gasteiger partial charge in [-0.3, -0.25) is 9.59 Å². The number of hydrazone groups is 1. The Labute approximate surface area is 184 Å². The molecule has 2 aromatic carbocycles. The van der Waals surface area contributed by atoms with Gasteiger partial charge in [-0.15, -0.1) is 0 Å². The number of amides is 2. The van der Waals surface area contributed by atoms with E-state index >= 15 is 0 Å². The van der Waals surface area contributed by atoms with Gasteiger partial charge in [-0.05, 0) is 58.3 Å². The number of nitrogens with zero attached hydrogens (tertiary/aromatic N) is 1. The smallest absolute Gasteiger partial charge is 0.262 e. The fourth-order valence-corrected chi connectivity index (χ4v) is 3.45. The number of carbonyl (C=O) groups is 2. The van der Waals surface area contributed by atoms with Crippen LogP contribution in [0.25, 0.3) is 0 Å². The zero-order valence-electron chi connectivity index (χ0n) is 16.7. The summed E-state index contributed by atoms with van der Waals surface area (Å²) in [5, 5.41) is 6.78. The summed E-state index contributed by atoms with van der Waals surface area (Å²) < 4.78 is 11.5. The number of methoxy groups -OCH3 is 2. The van der Waals surface area contributed by atoms with E-state index in [2.05, 4.69) is 38.4 Å². The number of carbonyl (C=O) groups excluding carboxylic acids is 2. The molecule has 0 heterocycles. The van der Waals surface area contributed by atoms with Crippen molar-refractivity contribution in [3.63, 3.8) is 0 Å². The fraction of sp³-hybridized carbons (Fsp3) is 0.286. The average Bonchev–Trinajstić information content (AvgIpc) is 2.71. The minimum atomic E-state index is -0.717. The third kappa shape index (κ3) is 6.18. The quantitative estimate of drug-likeness (QED) is 0.325. The van der Waals surface area contributed by atoms with E-state index in [0.29, 0.717) is 17.1 Å². The van der Waals surface area contributed by atoms with Gasteiger partial charge in [0.25, 0.3) is 11.8 Å². The van der Waals surface area contributed by atoms with E-state index in [-0.39, 0.29) is 11.8 Å². The molecular weight excluding hydrogens is 485 g/mol. The summed E-state index contributed by atoms with van der Waals surface area (Å²) in [4.78, 5) is 24.9. The average molecular weight is 509 g/mol. The second kappa shape index (κ2) is 10.8. The summed E-state index contributed by atoms with van der Waals surface area (Å²) >= 11 is 2.14. The molecule has 7 nitrogen and oxygen atoms in total. The summed E-state index contributed by atoms with van der Waals surface area (Å²) in [7, 11) is 3.13. The molecule has 0 aliphatic heterocycles. The van der Waals surface area contributed by atoms with Gasteiger partial charge in [-0.25, -0.2) is 5.43 Å². The second-order valence-corrected chi connectivity index (χ2v) is 7.70. The van der Waals surface area contributed by atoms with Crippen molar-refractivity contribution in [1.29, 1.82) is 0 Å². The minimum Gasteiger partial charge on any atom is -0.493 e. The van der Waals surface area contributed by atoms with E-state index in [1.807, 2.05) is 26.0 Å². The van der Waals surface area contributed by atoms with E-state index in [1.54, 1.807) is 44.6 Å². The van der Waals surface area contributed by atoms with Crippen LogP contribution in [0.3, 0.4) is 0 Å². The Morgan fingerprint density at radius 3 is 2.38 bits per heavy atom. The normalized spacial score (nSPS) is 11.9. The van der Waals surface area contributed by atoms with E-state index < -0.39 is 11.9 Å². The molecule has 0 aliphatic rings. The molecule has 1 unspecified atom stereocenters. The highest BCUT2D eigenvalue weighted by Gasteiger charge is 2.24. The highest BCUT2D eigenvalue weighted by atomic mass is 127. The lowest BCUT2D eigenvalue weighted by atomic mass is 10.0. The summed E-state index contributed by atoms with van der Waals surface area (Å²) in [6, 6.07) is 11.7. The summed E-state index contributed by atoms with van der Waals surface area (Å²) in [6.45, 7) is 3.71. The zero-order chi connectivity index (χ0) is 21.4. The van der Waals surface area contributed by atoms with Crippen molar-refractivity contribution in [2.75, 3.05) is 14.2 Å². The number of nitrogens with one attached hydrogen (secondary N) is 2. The predicted molar refractivity (Wildman–Crippen MR) is 121 cm³/mol. The SMILES string of the molecule is COc1cc(/C=N/NC(=O)C(NC(=O)c2ccccc2)C(C)C)cc(I)c1OC. The van der Waals surface area contributed by atoms with Gasteiger partial charge >= 0.3 is 0 Å². The molecule has 0 aromatic heterocycles. The molecule has 1 atom stereocenters. The molecule has 154 valence electrons. The van der Waals surface area contributed by atoms with Crippen molar-refractivity contribution in [3.8, 4) is 11.5 Å². The van der Waals surface area contributed by atoms with Gasteiger partial charge in [0.15, 0.2) is 11.5 Å². The van der Waals surface area contributed by atoms with Crippen LogP contribution in [-0.4, -0.2) is 38.3 Å². The first-order valence-corrected chi connectivity index (χ1v) is 10.1. The Morgan fingerprint density at radius 2 is 1.79 bits per heavy atom. The number of benzene rings is 2. The van der Waals surface area contributed by atoms with Crippen molar-refractivity contribution in [2.45, 2.75) is 19.9 Å². The summed E-state index contributed by atoms with van der Waals surface area (Å²) in [5.74, 6) is 0.397. The maximum absolute atomic E-state index is 12.5. The van der Waals surface area contributed by atoms with E-state index in [0.717, 1.165) is 9.13 Å². The Hall–Kier alpha value is -2.62. The van der Waals surface area contributed by atoms with Crippen LogP contribution >= 0.6 is 22.6 Å². The molecule has 2 rings (SSSR count). The molecule has 0 saturated heterocycles. The van der Waals surface area contributed by atoms with Gasteiger partial charge in [-0.2, -0.15) is 5.10 Å². The first kappa shape index (κ1) is 22.7. The maximum Gasteiger partial charge on any atom is 0.262 e. The van der Waals surface area contributed by atoms with Gasteiger partial charge in [0, 0.05) is 5.56 Å². The van der Waals surface area contributed by atoms with Gasteiger partial charge in [0.05, 0.1) is 24.0 Å². The molecule has 8 heteroatoms. The topological polar surface area (TPSA) is 89.0 Å². The molecule has 0 bridgehead atoms. The lowest BCUT2D eigenvalue weighted by Gasteiger charge is -2.20. The molecule has 0 aliphatic carbocycles. The monoisotopic (exact) mass is 509 g/mol. The number of hydrogen-bond donors (Lipinski definition) is 2. The third-order valence-corrected chi connectivity index (χ3v) is 4.92. The standard InChI is InChI=1S/C21H24IN3O4/c1-13(2)18(24-20(26)15-8-6-5-7-9-15)21(27)25-23-12-14-10-16(22)19(29-4)17(11-14)28-3/h5-13,18H,1-4H3,(H,24,26)(H,25,27)/b23-12+. The van der Waals surface area contributed by atoms with Crippen LogP contribution in [0, 0.1) is 9.49 Å². The molecule has 0 spiro atoms. The summed E-state index contributed by atoms with van der Waals surface area (Å²) in [6.07, 6.45) is 1.51. The van der Waals surface area contributed by atoms with Crippen LogP contribution in [0.4, 0.5) is 0 Å². The predicted octanol–water partition coefficient (Wildman–Crippen LogP) is 3.21. The molecule has 2 aromatic rings. The molecule has 0 fully saturated rings. The number of hydrogen-bond acceptors (Lipinski definition) is 5. The van der Waals surface area contributed by atoms with Crippen LogP contribution in [0.1, 0.15) is 29.8 Å². The lowest BCUT2D eigenvalue weighted by Crippen LogP contribution is -2.48. The van der Waals surface area contributed by atoms with Gasteiger partial charge < -0.3 is 14.8 Å². The van der Waals surface area contributed by atoms with E-state index in [9.17, 15) is 9.59 Å². The maximum atomic E-state index is 12.5. The van der Waals surface area contributed by atoms with Crippen molar-refractivity contribution in [1.82, 2.24) is 10.7 Å². The third-order valence-electron chi connectivity index (χ3n) is 4.12. The first-order valence-electron chi connectivity index (χ1n) is 8.97. The van der Waals surface area contributed by atoms with Crippen LogP contribution < -0.4 is 20.2 Å². The lowest BCUT2D eigenvalue weighted by molar-refractivity contribution is -0.123. The van der Waals surface area contributed by atoms with Crippen LogP contribution in [0.5, 0.6) is 11.5 Å². The molecule has 0 saturated carbocycles. The molecular formula is C21H24IN3O4. The number of ether oxygens (including phenoxy) is 2. The molecule has 2 amide bonds. The Morgan fingerprint density at radius 1 is 1.10 bits per heavy atom. The molecule has 29 heavy (non-hydrogen) atoms. The van der Waals surface area contributed by atoms with Gasteiger partial charge in [0.1, 0.15) is 6.04 Å². The highest BCUT2D eigenvalue weighted by Crippen LogP contribution is 2.32. The van der Waals surface area contributed by atoms with Gasteiger partial charge in [0.2, 0.25) is 0 Å². The van der Waals surface area contributed by atoms with Crippen LogP contribution in [0.15, 0.2) is 47.6 Å². The van der Waals surface area contributed by atoms with Gasteiger partial charge in [-0.1, -0.05) is 32.0 Å². The summed E-state index contributed by atoms with van der Waals surface area (Å²) in [5.41, 5.74) is 3.73. The second-order valence-electron chi connectivity index (χ2n) is 6.53. The van der Waals surface area contributed by atoms with Crippen molar-refractivity contribution in [3.05, 3.63) is 57.2 Å². The Bertz CT molecular complexity index is 885. The van der Waals surface area contributed by atoms with Crippen molar-refractivity contribution < 1.29 is 19.1 Å². The Balaban J connectivity index is 2.07. The largest absolute Gasteiger partial charge is 0.493 e.